The van der Waals surface area contributed by atoms with Crippen LogP contribution < -0.4 is 46.5 Å². The summed E-state index contributed by atoms with van der Waals surface area (Å²) in [6, 6.07) is 12.8. The van der Waals surface area contributed by atoms with Crippen LogP contribution in [0.15, 0.2) is 60.0 Å². The summed E-state index contributed by atoms with van der Waals surface area (Å²) < 4.78 is 5.60. The number of aromatic nitrogens is 4. The molecule has 0 radical (unpaired) electrons. The smallest absolute Gasteiger partial charge is 0.262 e. The molecule has 3 aliphatic heterocycles. The van der Waals surface area contributed by atoms with Crippen molar-refractivity contribution < 1.29 is 33.5 Å². The quantitative estimate of drug-likeness (QED) is 0.0305. The number of rotatable bonds is 18. The number of hydrogen-bond acceptors (Lipinski definition) is 18. The number of anilines is 6. The summed E-state index contributed by atoms with van der Waals surface area (Å²) in [5.74, 6) is 0.523. The zero-order valence-corrected chi connectivity index (χ0v) is 36.3. The number of nitrogens with one attached hydrogen (secondary N) is 4. The van der Waals surface area contributed by atoms with Crippen molar-refractivity contribution in [3.05, 3.63) is 77.2 Å². The van der Waals surface area contributed by atoms with Gasteiger partial charge in [0.15, 0.2) is 23.7 Å². The van der Waals surface area contributed by atoms with E-state index in [1.807, 2.05) is 12.1 Å². The van der Waals surface area contributed by atoms with E-state index in [1.54, 1.807) is 43.7 Å². The summed E-state index contributed by atoms with van der Waals surface area (Å²) in [5, 5.41) is 20.5. The van der Waals surface area contributed by atoms with Crippen molar-refractivity contribution in [2.24, 2.45) is 10.8 Å². The normalized spacial score (nSPS) is 15.9. The lowest BCUT2D eigenvalue weighted by atomic mass is 10.1. The summed E-state index contributed by atoms with van der Waals surface area (Å²) in [5.41, 5.74) is 11.4. The number of likely N-dealkylation sites (N-methyl/N-ethyl adjacent to an activating group) is 1. The van der Waals surface area contributed by atoms with Gasteiger partial charge in [-0.25, -0.2) is 9.97 Å². The maximum absolute atomic E-state index is 13.5. The minimum atomic E-state index is -1.07. The standard InChI is InChI=1S/C43H51N15O7/c1-45-41(62)34(8-5-21-59)58-42(63)28-10-9-27(22-30(28)43(58)64)55-17-19-57(20-18-55)37-24-36(47-26-48-37)56-15-13-54(14-16-56)12-11-38(61)50-35-23-32(33(25-60)51-52-35)49-31-7-4-6-29(39(31)65-3)40(44)53-46-2/h4,6-7,9-10,21-26,34,46H,5,8,11-20H2,1-3H3,(H2,44,53)(H,45,62)(H2,49,50,52,61). The van der Waals surface area contributed by atoms with Crippen LogP contribution >= 0.6 is 0 Å². The van der Waals surface area contributed by atoms with Crippen LogP contribution in [0.5, 0.6) is 5.75 Å². The Labute approximate surface area is 374 Å². The topological polar surface area (TPSA) is 266 Å². The molecule has 0 spiro atoms. The fourth-order valence-electron chi connectivity index (χ4n) is 8.07. The van der Waals surface area contributed by atoms with Crippen LogP contribution in [-0.2, 0) is 14.4 Å². The van der Waals surface area contributed by atoms with Gasteiger partial charge in [0.25, 0.3) is 11.8 Å². The number of hydrazone groups is 1. The molecule has 3 aliphatic rings. The van der Waals surface area contributed by atoms with E-state index in [0.29, 0.717) is 81.1 Å². The molecule has 2 fully saturated rings. The zero-order chi connectivity index (χ0) is 46.0. The molecule has 0 bridgehead atoms. The summed E-state index contributed by atoms with van der Waals surface area (Å²) >= 11 is 0. The number of nitrogens with two attached hydrogens (primary N) is 1. The van der Waals surface area contributed by atoms with Crippen molar-refractivity contribution >= 4 is 76.6 Å². The van der Waals surface area contributed by atoms with Gasteiger partial charge in [0.2, 0.25) is 11.8 Å². The molecule has 4 amide bonds. The van der Waals surface area contributed by atoms with Crippen LogP contribution in [0.25, 0.3) is 0 Å². The van der Waals surface area contributed by atoms with Gasteiger partial charge in [-0.15, -0.1) is 10.2 Å². The third-order valence-corrected chi connectivity index (χ3v) is 11.5. The van der Waals surface area contributed by atoms with Gasteiger partial charge >= 0.3 is 0 Å². The third kappa shape index (κ3) is 10.1. The Balaban J connectivity index is 0.891. The number of fused-ring (bicyclic) bond motifs is 1. The second kappa shape index (κ2) is 20.6. The maximum atomic E-state index is 13.5. The molecule has 4 aromatic rings. The van der Waals surface area contributed by atoms with Crippen molar-refractivity contribution in [2.75, 3.05) is 105 Å². The highest BCUT2D eigenvalue weighted by atomic mass is 16.5. The Hall–Kier alpha value is -7.75. The number of carbonyl (C=O) groups excluding carboxylic acids is 6. The van der Waals surface area contributed by atoms with Crippen molar-refractivity contribution in [1.82, 2.24) is 40.7 Å². The third-order valence-electron chi connectivity index (χ3n) is 11.5. The van der Waals surface area contributed by atoms with E-state index < -0.39 is 23.8 Å². The Kier molecular flexibility index (Phi) is 14.4. The summed E-state index contributed by atoms with van der Waals surface area (Å²) in [7, 11) is 4.54. The average molecular weight is 890 g/mol. The van der Waals surface area contributed by atoms with Gasteiger partial charge in [-0.1, -0.05) is 6.07 Å². The molecule has 22 heteroatoms. The van der Waals surface area contributed by atoms with Crippen LogP contribution in [0, 0.1) is 0 Å². The lowest BCUT2D eigenvalue weighted by Crippen LogP contribution is -2.48. The first-order chi connectivity index (χ1) is 31.6. The highest BCUT2D eigenvalue weighted by Crippen LogP contribution is 2.33. The molecule has 7 rings (SSSR count). The Morgan fingerprint density at radius 1 is 0.862 bits per heavy atom. The van der Waals surface area contributed by atoms with E-state index in [1.165, 1.54) is 20.2 Å². The highest BCUT2D eigenvalue weighted by Gasteiger charge is 2.42. The average Bonchev–Trinajstić information content (AvgIpc) is 3.58. The Bertz CT molecular complexity index is 2470. The number of aldehydes is 2. The molecule has 1 atom stereocenters. The number of nitrogens with zero attached hydrogens (tertiary/aromatic N) is 10. The van der Waals surface area contributed by atoms with Crippen molar-refractivity contribution in [3.8, 4) is 5.75 Å². The number of hydrogen-bond donors (Lipinski definition) is 5. The van der Waals surface area contributed by atoms with Gasteiger partial charge in [0.05, 0.1) is 35.2 Å². The van der Waals surface area contributed by atoms with Crippen molar-refractivity contribution in [3.63, 3.8) is 0 Å². The molecule has 5 heterocycles. The molecule has 2 aromatic heterocycles. The minimum Gasteiger partial charge on any atom is -0.494 e. The van der Waals surface area contributed by atoms with Crippen LogP contribution in [0.2, 0.25) is 0 Å². The molecular weight excluding hydrogens is 839 g/mol. The molecule has 65 heavy (non-hydrogen) atoms. The van der Waals surface area contributed by atoms with E-state index in [-0.39, 0.29) is 53.6 Å². The number of piperazine rings is 2. The first-order valence-corrected chi connectivity index (χ1v) is 21.1. The van der Waals surface area contributed by atoms with Gasteiger partial charge in [0.1, 0.15) is 36.0 Å². The molecule has 22 nitrogen and oxygen atoms in total. The van der Waals surface area contributed by atoms with Crippen LogP contribution in [-0.4, -0.2) is 158 Å². The van der Waals surface area contributed by atoms with Gasteiger partial charge < -0.3 is 51.3 Å². The van der Waals surface area contributed by atoms with E-state index in [2.05, 4.69) is 66.2 Å². The molecular formula is C43H51N15O7. The molecule has 0 saturated carbocycles. The number of ether oxygens (including phenoxy) is 1. The lowest BCUT2D eigenvalue weighted by Gasteiger charge is -2.38. The number of amidine groups is 1. The van der Waals surface area contributed by atoms with E-state index in [9.17, 15) is 28.8 Å². The van der Waals surface area contributed by atoms with E-state index >= 15 is 0 Å². The first kappa shape index (κ1) is 45.3. The lowest BCUT2D eigenvalue weighted by molar-refractivity contribution is -0.124. The molecule has 6 N–H and O–H groups in total. The predicted octanol–water partition coefficient (Wildman–Crippen LogP) is 0.838. The SMILES string of the molecule is CN/N=C(\N)c1cccc(Nc2cc(NC(=O)CCN3CCN(c4cc(N5CCN(c6ccc7c(c6)C(=O)N(C(CCC=O)C(=O)NC)C7=O)CC5)ncn4)CC3)nnc2C=O)c1OC. The van der Waals surface area contributed by atoms with E-state index in [0.717, 1.165) is 35.3 Å². The number of imide groups is 1. The fraction of sp³-hybridized carbons (Fsp3) is 0.372. The maximum Gasteiger partial charge on any atom is 0.262 e. The second-order valence-corrected chi connectivity index (χ2v) is 15.3. The molecule has 2 saturated heterocycles. The Morgan fingerprint density at radius 3 is 2.22 bits per heavy atom. The van der Waals surface area contributed by atoms with Gasteiger partial charge in [-0.2, -0.15) is 5.10 Å². The summed E-state index contributed by atoms with van der Waals surface area (Å²) in [6.45, 7) is 5.95. The first-order valence-electron chi connectivity index (χ1n) is 21.1. The van der Waals surface area contributed by atoms with E-state index in [4.69, 9.17) is 10.5 Å². The largest absolute Gasteiger partial charge is 0.494 e. The highest BCUT2D eigenvalue weighted by molar-refractivity contribution is 6.23. The van der Waals surface area contributed by atoms with Crippen LogP contribution in [0.1, 0.15) is 56.0 Å². The van der Waals surface area contributed by atoms with Gasteiger partial charge in [0, 0.05) is 104 Å². The number of methoxy groups -OCH3 is 1. The molecule has 2 aromatic carbocycles. The summed E-state index contributed by atoms with van der Waals surface area (Å²) in [6.07, 6.45) is 3.09. The van der Waals surface area contributed by atoms with Crippen molar-refractivity contribution in [2.45, 2.75) is 25.3 Å². The predicted molar refractivity (Wildman–Crippen MR) is 242 cm³/mol. The van der Waals surface area contributed by atoms with Gasteiger partial charge in [-0.3, -0.25) is 33.8 Å². The Morgan fingerprint density at radius 2 is 1.55 bits per heavy atom. The number of amides is 4. The fourth-order valence-corrected chi connectivity index (χ4v) is 8.07. The van der Waals surface area contributed by atoms with Crippen molar-refractivity contribution in [1.29, 1.82) is 0 Å². The van der Waals surface area contributed by atoms with Gasteiger partial charge in [-0.05, 0) is 36.8 Å². The number of carbonyl (C=O) groups is 6. The summed E-state index contributed by atoms with van der Waals surface area (Å²) in [4.78, 5) is 94.1. The molecule has 340 valence electrons. The second-order valence-electron chi connectivity index (χ2n) is 15.3. The van der Waals surface area contributed by atoms with Crippen LogP contribution in [0.3, 0.4) is 0 Å². The monoisotopic (exact) mass is 889 g/mol. The minimum absolute atomic E-state index is 0.0346. The number of benzene rings is 2. The zero-order valence-electron chi connectivity index (χ0n) is 36.3. The molecule has 0 aliphatic carbocycles. The van der Waals surface area contributed by atoms with Crippen LogP contribution in [0.4, 0.5) is 34.5 Å². The molecule has 1 unspecified atom stereocenters. The number of para-hydroxylation sites is 1.